The molecule has 31 heavy (non-hydrogen) atoms. The van der Waals surface area contributed by atoms with Crippen molar-refractivity contribution in [2.45, 2.75) is 17.7 Å². The minimum absolute atomic E-state index is 0.100. The summed E-state index contributed by atoms with van der Waals surface area (Å²) in [5.41, 5.74) is 0.541. The summed E-state index contributed by atoms with van der Waals surface area (Å²) >= 11 is 0. The SMILES string of the molecule is COc1ccc(S(=O)(=O)N2CCC(C(=O)OCCOc3ccc(C#N)cc3)CC2)cc1. The molecule has 0 N–H and O–H groups in total. The maximum absolute atomic E-state index is 12.8. The van der Waals surface area contributed by atoms with Crippen LogP contribution in [-0.4, -0.2) is 52.1 Å². The van der Waals surface area contributed by atoms with Crippen LogP contribution in [0, 0.1) is 17.2 Å². The molecule has 1 heterocycles. The highest BCUT2D eigenvalue weighted by atomic mass is 32.2. The first-order valence-corrected chi connectivity index (χ1v) is 11.3. The maximum atomic E-state index is 12.8. The summed E-state index contributed by atoms with van der Waals surface area (Å²) in [5, 5.41) is 8.78. The van der Waals surface area contributed by atoms with Crippen molar-refractivity contribution >= 4 is 16.0 Å². The quantitative estimate of drug-likeness (QED) is 0.455. The van der Waals surface area contributed by atoms with Gasteiger partial charge in [0, 0.05) is 13.1 Å². The van der Waals surface area contributed by atoms with Crippen molar-refractivity contribution in [3.8, 4) is 17.6 Å². The number of rotatable bonds is 8. The van der Waals surface area contributed by atoms with E-state index in [0.29, 0.717) is 29.9 Å². The number of ether oxygens (including phenoxy) is 3. The molecule has 0 saturated carbocycles. The summed E-state index contributed by atoms with van der Waals surface area (Å²) in [4.78, 5) is 12.5. The van der Waals surface area contributed by atoms with E-state index in [0.717, 1.165) is 0 Å². The number of esters is 1. The Bertz CT molecular complexity index is 1020. The second-order valence-corrected chi connectivity index (χ2v) is 8.94. The first kappa shape index (κ1) is 22.6. The standard InChI is InChI=1S/C22H24N2O6S/c1-28-19-6-8-21(9-7-19)31(26,27)24-12-10-18(11-13-24)22(25)30-15-14-29-20-4-2-17(16-23)3-5-20/h2-9,18H,10-15H2,1H3. The van der Waals surface area contributed by atoms with Crippen LogP contribution < -0.4 is 9.47 Å². The molecule has 0 unspecified atom stereocenters. The summed E-state index contributed by atoms with van der Waals surface area (Å²) in [6, 6.07) is 14.9. The molecule has 0 aromatic heterocycles. The van der Waals surface area contributed by atoms with Crippen molar-refractivity contribution in [1.29, 1.82) is 5.26 Å². The van der Waals surface area contributed by atoms with Gasteiger partial charge in [-0.25, -0.2) is 8.42 Å². The molecule has 1 aliphatic rings. The molecule has 8 nitrogen and oxygen atoms in total. The molecule has 1 saturated heterocycles. The average Bonchev–Trinajstić information content (AvgIpc) is 2.82. The van der Waals surface area contributed by atoms with Gasteiger partial charge in [-0.2, -0.15) is 9.57 Å². The lowest BCUT2D eigenvalue weighted by Gasteiger charge is -2.30. The Morgan fingerprint density at radius 2 is 1.65 bits per heavy atom. The Hall–Kier alpha value is -3.09. The van der Waals surface area contributed by atoms with E-state index < -0.39 is 10.0 Å². The van der Waals surface area contributed by atoms with Gasteiger partial charge in [-0.15, -0.1) is 0 Å². The molecule has 0 aliphatic carbocycles. The van der Waals surface area contributed by atoms with Crippen LogP contribution in [0.25, 0.3) is 0 Å². The topological polar surface area (TPSA) is 106 Å². The van der Waals surface area contributed by atoms with E-state index in [9.17, 15) is 13.2 Å². The molecule has 0 radical (unpaired) electrons. The number of nitrogens with zero attached hydrogens (tertiary/aromatic N) is 2. The summed E-state index contributed by atoms with van der Waals surface area (Å²) in [6.07, 6.45) is 0.815. The fraction of sp³-hybridized carbons (Fsp3) is 0.364. The van der Waals surface area contributed by atoms with Crippen LogP contribution in [0.1, 0.15) is 18.4 Å². The van der Waals surface area contributed by atoms with Gasteiger partial charge in [-0.05, 0) is 61.4 Å². The highest BCUT2D eigenvalue weighted by Gasteiger charge is 2.32. The van der Waals surface area contributed by atoms with Gasteiger partial charge >= 0.3 is 5.97 Å². The molecule has 0 spiro atoms. The average molecular weight is 445 g/mol. The minimum atomic E-state index is -3.61. The summed E-state index contributed by atoms with van der Waals surface area (Å²) in [5.74, 6) is 0.498. The normalized spacial score (nSPS) is 15.1. The van der Waals surface area contributed by atoms with E-state index in [1.807, 2.05) is 6.07 Å². The second-order valence-electron chi connectivity index (χ2n) is 7.01. The second kappa shape index (κ2) is 10.3. The largest absolute Gasteiger partial charge is 0.497 e. The first-order valence-electron chi connectivity index (χ1n) is 9.88. The molecule has 0 amide bonds. The third-order valence-electron chi connectivity index (χ3n) is 5.06. The van der Waals surface area contributed by atoms with Crippen molar-refractivity contribution in [3.05, 3.63) is 54.1 Å². The number of benzene rings is 2. The Labute approximate surface area is 182 Å². The molecule has 0 atom stereocenters. The fourth-order valence-electron chi connectivity index (χ4n) is 3.27. The van der Waals surface area contributed by atoms with Gasteiger partial charge in [-0.3, -0.25) is 4.79 Å². The van der Waals surface area contributed by atoms with Crippen LogP contribution in [0.15, 0.2) is 53.4 Å². The predicted molar refractivity (Wildman–Crippen MR) is 112 cm³/mol. The molecule has 2 aromatic carbocycles. The van der Waals surface area contributed by atoms with Crippen LogP contribution in [-0.2, 0) is 19.6 Å². The zero-order valence-corrected chi connectivity index (χ0v) is 18.0. The summed E-state index contributed by atoms with van der Waals surface area (Å²) < 4.78 is 42.8. The molecule has 1 aliphatic heterocycles. The van der Waals surface area contributed by atoms with Crippen molar-refractivity contribution in [1.82, 2.24) is 4.31 Å². The minimum Gasteiger partial charge on any atom is -0.497 e. The van der Waals surface area contributed by atoms with E-state index in [1.165, 1.54) is 23.5 Å². The molecule has 3 rings (SSSR count). The van der Waals surface area contributed by atoms with Gasteiger partial charge in [0.25, 0.3) is 0 Å². The Morgan fingerprint density at radius 1 is 1.03 bits per heavy atom. The van der Waals surface area contributed by atoms with E-state index in [2.05, 4.69) is 0 Å². The van der Waals surface area contributed by atoms with E-state index in [1.54, 1.807) is 36.4 Å². The van der Waals surface area contributed by atoms with E-state index >= 15 is 0 Å². The Morgan fingerprint density at radius 3 is 2.23 bits per heavy atom. The predicted octanol–water partition coefficient (Wildman–Crippen LogP) is 2.59. The zero-order chi connectivity index (χ0) is 22.3. The molecule has 0 bridgehead atoms. The number of nitriles is 1. The Balaban J connectivity index is 1.43. The highest BCUT2D eigenvalue weighted by Crippen LogP contribution is 2.25. The number of methoxy groups -OCH3 is 1. The molecule has 2 aromatic rings. The lowest BCUT2D eigenvalue weighted by atomic mass is 9.98. The van der Waals surface area contributed by atoms with Crippen LogP contribution in [0.2, 0.25) is 0 Å². The van der Waals surface area contributed by atoms with Crippen LogP contribution >= 0.6 is 0 Å². The number of hydrogen-bond donors (Lipinski definition) is 0. The Kier molecular flexibility index (Phi) is 7.50. The van der Waals surface area contributed by atoms with Crippen molar-refractivity contribution < 1.29 is 27.4 Å². The van der Waals surface area contributed by atoms with Crippen LogP contribution in [0.5, 0.6) is 11.5 Å². The lowest BCUT2D eigenvalue weighted by Crippen LogP contribution is -2.40. The van der Waals surface area contributed by atoms with Crippen molar-refractivity contribution in [3.63, 3.8) is 0 Å². The fourth-order valence-corrected chi connectivity index (χ4v) is 4.74. The number of carbonyl (C=O) groups is 1. The molecule has 164 valence electrons. The molecular weight excluding hydrogens is 420 g/mol. The third-order valence-corrected chi connectivity index (χ3v) is 6.98. The van der Waals surface area contributed by atoms with Gasteiger partial charge in [0.1, 0.15) is 24.7 Å². The molecular formula is C22H24N2O6S. The third kappa shape index (κ3) is 5.75. The summed E-state index contributed by atoms with van der Waals surface area (Å²) in [6.45, 7) is 0.817. The molecule has 1 fully saturated rings. The molecule has 9 heteroatoms. The lowest BCUT2D eigenvalue weighted by molar-refractivity contribution is -0.150. The van der Waals surface area contributed by atoms with Gasteiger partial charge in [0.2, 0.25) is 10.0 Å². The monoisotopic (exact) mass is 444 g/mol. The van der Waals surface area contributed by atoms with Gasteiger partial charge in [0.05, 0.1) is 29.6 Å². The van der Waals surface area contributed by atoms with Crippen molar-refractivity contribution in [2.24, 2.45) is 5.92 Å². The zero-order valence-electron chi connectivity index (χ0n) is 17.2. The number of carbonyl (C=O) groups excluding carboxylic acids is 1. The van der Waals surface area contributed by atoms with Crippen LogP contribution in [0.3, 0.4) is 0 Å². The van der Waals surface area contributed by atoms with Gasteiger partial charge in [-0.1, -0.05) is 0 Å². The van der Waals surface area contributed by atoms with Crippen LogP contribution in [0.4, 0.5) is 0 Å². The highest BCUT2D eigenvalue weighted by molar-refractivity contribution is 7.89. The number of hydrogen-bond acceptors (Lipinski definition) is 7. The van der Waals surface area contributed by atoms with E-state index in [4.69, 9.17) is 19.5 Å². The van der Waals surface area contributed by atoms with Crippen molar-refractivity contribution in [2.75, 3.05) is 33.4 Å². The summed E-state index contributed by atoms with van der Waals surface area (Å²) in [7, 11) is -2.09. The van der Waals surface area contributed by atoms with Gasteiger partial charge in [0.15, 0.2) is 0 Å². The number of sulfonamides is 1. The van der Waals surface area contributed by atoms with Gasteiger partial charge < -0.3 is 14.2 Å². The van der Waals surface area contributed by atoms with E-state index in [-0.39, 0.29) is 43.1 Å². The first-order chi connectivity index (χ1) is 14.9. The smallest absolute Gasteiger partial charge is 0.309 e. The maximum Gasteiger partial charge on any atom is 0.309 e. The number of piperidine rings is 1.